The van der Waals surface area contributed by atoms with Crippen molar-refractivity contribution in [2.75, 3.05) is 6.54 Å². The molecule has 0 spiro atoms. The molecule has 3 rings (SSSR count). The summed E-state index contributed by atoms with van der Waals surface area (Å²) in [4.78, 5) is 17.7. The molecule has 0 aromatic carbocycles. The van der Waals surface area contributed by atoms with E-state index < -0.39 is 0 Å². The van der Waals surface area contributed by atoms with Gasteiger partial charge in [0.25, 0.3) is 0 Å². The van der Waals surface area contributed by atoms with Crippen LogP contribution in [0.4, 0.5) is 0 Å². The van der Waals surface area contributed by atoms with Gasteiger partial charge >= 0.3 is 0 Å². The predicted octanol–water partition coefficient (Wildman–Crippen LogP) is 2.51. The maximum atomic E-state index is 12.3. The van der Waals surface area contributed by atoms with Gasteiger partial charge in [-0.1, -0.05) is 6.07 Å². The van der Waals surface area contributed by atoms with Crippen LogP contribution in [0.1, 0.15) is 31.2 Å². The lowest BCUT2D eigenvalue weighted by Gasteiger charge is -2.30. The summed E-state index contributed by atoms with van der Waals surface area (Å²) in [6.45, 7) is 5.00. The number of rotatable bonds is 4. The van der Waals surface area contributed by atoms with Crippen LogP contribution in [0.25, 0.3) is 10.8 Å². The minimum absolute atomic E-state index is 0.00896. The van der Waals surface area contributed by atoms with Gasteiger partial charge in [0.1, 0.15) is 5.76 Å². The van der Waals surface area contributed by atoms with Gasteiger partial charge in [0.05, 0.1) is 17.0 Å². The molecule has 2 aromatic rings. The van der Waals surface area contributed by atoms with E-state index in [-0.39, 0.29) is 18.4 Å². The molecule has 0 radical (unpaired) electrons. The van der Waals surface area contributed by atoms with E-state index in [4.69, 9.17) is 4.42 Å². The Morgan fingerprint density at radius 1 is 1.59 bits per heavy atom. The number of piperidine rings is 1. The lowest BCUT2D eigenvalue weighted by atomic mass is 9.99. The summed E-state index contributed by atoms with van der Waals surface area (Å²) < 4.78 is 5.68. The summed E-state index contributed by atoms with van der Waals surface area (Å²) in [5.74, 6) is 1.33. The Hall–Kier alpha value is -1.66. The van der Waals surface area contributed by atoms with Crippen LogP contribution in [0.3, 0.4) is 0 Å². The molecule has 6 heteroatoms. The monoisotopic (exact) mass is 319 g/mol. The van der Waals surface area contributed by atoms with E-state index in [0.717, 1.165) is 30.0 Å². The zero-order chi connectivity index (χ0) is 15.5. The van der Waals surface area contributed by atoms with E-state index in [0.29, 0.717) is 17.7 Å². The normalized spacial score (nSPS) is 21.7. The Balaban J connectivity index is 1.64. The van der Waals surface area contributed by atoms with Crippen molar-refractivity contribution in [1.82, 2.24) is 15.6 Å². The number of nitrogens with zero attached hydrogens (tertiary/aromatic N) is 1. The molecule has 5 nitrogen and oxygen atoms in total. The average molecular weight is 319 g/mol. The van der Waals surface area contributed by atoms with Gasteiger partial charge in [0.2, 0.25) is 11.8 Å². The Bertz CT molecular complexity index is 636. The second-order valence-electron chi connectivity index (χ2n) is 5.74. The number of aromatic nitrogens is 1. The fourth-order valence-electron chi connectivity index (χ4n) is 2.75. The molecular weight excluding hydrogens is 298 g/mol. The average Bonchev–Trinajstić information content (AvgIpc) is 3.12. The Morgan fingerprint density at radius 3 is 3.18 bits per heavy atom. The molecule has 2 unspecified atom stereocenters. The molecule has 1 saturated heterocycles. The molecule has 2 aromatic heterocycles. The third-order valence-electron chi connectivity index (χ3n) is 4.06. The van der Waals surface area contributed by atoms with E-state index in [1.807, 2.05) is 24.4 Å². The number of carbonyl (C=O) groups excluding carboxylic acids is 1. The zero-order valence-electron chi connectivity index (χ0n) is 12.9. The molecule has 1 aliphatic rings. The van der Waals surface area contributed by atoms with Gasteiger partial charge in [-0.15, -0.1) is 11.3 Å². The third kappa shape index (κ3) is 3.39. The first-order valence-electron chi connectivity index (χ1n) is 7.66. The third-order valence-corrected chi connectivity index (χ3v) is 4.92. The molecule has 22 heavy (non-hydrogen) atoms. The van der Waals surface area contributed by atoms with Gasteiger partial charge in [-0.25, -0.2) is 4.98 Å². The lowest BCUT2D eigenvalue weighted by Crippen LogP contribution is -2.52. The van der Waals surface area contributed by atoms with Gasteiger partial charge in [-0.2, -0.15) is 0 Å². The van der Waals surface area contributed by atoms with Gasteiger partial charge in [-0.3, -0.25) is 4.79 Å². The fraction of sp³-hybridized carbons (Fsp3) is 0.500. The highest BCUT2D eigenvalue weighted by Crippen LogP contribution is 2.26. The van der Waals surface area contributed by atoms with Crippen LogP contribution in [0.15, 0.2) is 21.9 Å². The van der Waals surface area contributed by atoms with Crippen LogP contribution in [0.2, 0.25) is 0 Å². The molecule has 1 amide bonds. The lowest BCUT2D eigenvalue weighted by molar-refractivity contribution is -0.121. The smallest absolute Gasteiger partial charge is 0.236 e. The van der Waals surface area contributed by atoms with Gasteiger partial charge < -0.3 is 15.1 Å². The first-order chi connectivity index (χ1) is 10.6. The fourth-order valence-corrected chi connectivity index (χ4v) is 3.40. The van der Waals surface area contributed by atoms with Crippen LogP contribution in [-0.2, 0) is 11.2 Å². The van der Waals surface area contributed by atoms with E-state index >= 15 is 0 Å². The number of hydrogen-bond acceptors (Lipinski definition) is 5. The molecule has 2 N–H and O–H groups in total. The molecule has 0 bridgehead atoms. The van der Waals surface area contributed by atoms with Crippen LogP contribution < -0.4 is 10.6 Å². The zero-order valence-corrected chi connectivity index (χ0v) is 13.7. The Morgan fingerprint density at radius 2 is 2.45 bits per heavy atom. The number of nitrogens with one attached hydrogen (secondary N) is 2. The number of aryl methyl sites for hydroxylation is 1. The molecule has 1 aliphatic heterocycles. The number of oxazole rings is 1. The molecule has 1 fully saturated rings. The highest BCUT2D eigenvalue weighted by Gasteiger charge is 2.23. The maximum Gasteiger partial charge on any atom is 0.236 e. The van der Waals surface area contributed by atoms with Gasteiger partial charge in [-0.05, 0) is 44.7 Å². The van der Waals surface area contributed by atoms with Crippen molar-refractivity contribution in [1.29, 1.82) is 0 Å². The van der Waals surface area contributed by atoms with Crippen molar-refractivity contribution in [3.63, 3.8) is 0 Å². The molecular formula is C16H21N3O2S. The number of hydrogen-bond donors (Lipinski definition) is 2. The maximum absolute atomic E-state index is 12.3. The van der Waals surface area contributed by atoms with Crippen LogP contribution in [-0.4, -0.2) is 29.5 Å². The molecule has 3 heterocycles. The van der Waals surface area contributed by atoms with Crippen LogP contribution in [0, 0.1) is 6.92 Å². The van der Waals surface area contributed by atoms with Crippen molar-refractivity contribution in [2.45, 2.75) is 45.2 Å². The topological polar surface area (TPSA) is 67.2 Å². The standard InChI is InChI=1S/C16H21N3O2S/c1-10-12(5-3-7-17-10)18-15(20)9-13-11(2)21-16(19-13)14-6-4-8-22-14/h4,6,8,10,12,17H,3,5,7,9H2,1-2H3,(H,18,20). The predicted molar refractivity (Wildman–Crippen MR) is 86.9 cm³/mol. The molecule has 0 saturated carbocycles. The second-order valence-corrected chi connectivity index (χ2v) is 6.68. The largest absolute Gasteiger partial charge is 0.440 e. The molecule has 118 valence electrons. The SMILES string of the molecule is Cc1oc(-c2cccs2)nc1CC(=O)NC1CCCNC1C. The quantitative estimate of drug-likeness (QED) is 0.909. The van der Waals surface area contributed by atoms with E-state index in [1.54, 1.807) is 11.3 Å². The number of thiophene rings is 1. The highest BCUT2D eigenvalue weighted by molar-refractivity contribution is 7.13. The molecule has 0 aliphatic carbocycles. The summed E-state index contributed by atoms with van der Waals surface area (Å²) >= 11 is 1.58. The van der Waals surface area contributed by atoms with Crippen LogP contribution >= 0.6 is 11.3 Å². The number of amides is 1. The van der Waals surface area contributed by atoms with Crippen LogP contribution in [0.5, 0.6) is 0 Å². The van der Waals surface area contributed by atoms with E-state index in [9.17, 15) is 4.79 Å². The summed E-state index contributed by atoms with van der Waals surface area (Å²) in [7, 11) is 0. The Kier molecular flexibility index (Phi) is 4.59. The van der Waals surface area contributed by atoms with Crippen molar-refractivity contribution in [2.24, 2.45) is 0 Å². The highest BCUT2D eigenvalue weighted by atomic mass is 32.1. The van der Waals surface area contributed by atoms with Gasteiger partial charge in [0.15, 0.2) is 0 Å². The summed E-state index contributed by atoms with van der Waals surface area (Å²) in [6.07, 6.45) is 2.39. The van der Waals surface area contributed by atoms with E-state index in [1.165, 1.54) is 0 Å². The second kappa shape index (κ2) is 6.62. The Labute approximate surface area is 134 Å². The minimum Gasteiger partial charge on any atom is -0.440 e. The molecule has 2 atom stereocenters. The van der Waals surface area contributed by atoms with E-state index in [2.05, 4.69) is 22.5 Å². The van der Waals surface area contributed by atoms with Gasteiger partial charge in [0, 0.05) is 12.1 Å². The number of carbonyl (C=O) groups is 1. The van der Waals surface area contributed by atoms with Crippen molar-refractivity contribution >= 4 is 17.2 Å². The minimum atomic E-state index is 0.00896. The first kappa shape index (κ1) is 15.2. The summed E-state index contributed by atoms with van der Waals surface area (Å²) in [5, 5.41) is 8.48. The van der Waals surface area contributed by atoms with Crippen molar-refractivity contribution in [3.05, 3.63) is 29.0 Å². The van der Waals surface area contributed by atoms with Crippen molar-refractivity contribution < 1.29 is 9.21 Å². The summed E-state index contributed by atoms with van der Waals surface area (Å²) in [6, 6.07) is 4.45. The summed E-state index contributed by atoms with van der Waals surface area (Å²) in [5.41, 5.74) is 0.720. The van der Waals surface area contributed by atoms with Crippen molar-refractivity contribution in [3.8, 4) is 10.8 Å². The first-order valence-corrected chi connectivity index (χ1v) is 8.54.